The third-order valence-corrected chi connectivity index (χ3v) is 3.20. The molecule has 0 bridgehead atoms. The summed E-state index contributed by atoms with van der Waals surface area (Å²) in [7, 11) is 0. The Balaban J connectivity index is 3.92. The second-order valence-electron chi connectivity index (χ2n) is 4.27. The normalized spacial score (nSPS) is 13.6. The highest BCUT2D eigenvalue weighted by atomic mass is 32.2. The van der Waals surface area contributed by atoms with E-state index < -0.39 is 58.2 Å². The number of nitrogens with one attached hydrogen (secondary N) is 1. The summed E-state index contributed by atoms with van der Waals surface area (Å²) in [6, 6.07) is -0.920. The lowest BCUT2D eigenvalue weighted by molar-refractivity contribution is -0.147. The van der Waals surface area contributed by atoms with Gasteiger partial charge in [0, 0.05) is 0 Å². The maximum atomic E-state index is 13.0. The van der Waals surface area contributed by atoms with Gasteiger partial charge in [-0.05, 0) is 18.4 Å². The number of thioether (sulfide) groups is 1. The Morgan fingerprint density at radius 3 is 1.68 bits per heavy atom. The fourth-order valence-corrected chi connectivity index (χ4v) is 1.96. The zero-order valence-corrected chi connectivity index (χ0v) is 12.7. The van der Waals surface area contributed by atoms with E-state index in [1.807, 2.05) is 0 Å². The third-order valence-electron chi connectivity index (χ3n) is 2.62. The number of hydrogen-bond donors (Lipinski definition) is 1. The van der Waals surface area contributed by atoms with Crippen LogP contribution in [0.5, 0.6) is 0 Å². The molecule has 3 nitrogen and oxygen atoms in total. The number of halogens is 9. The first-order valence-electron chi connectivity index (χ1n) is 5.89. The number of rotatable bonds is 1. The van der Waals surface area contributed by atoms with Crippen molar-refractivity contribution >= 4 is 22.6 Å². The number of amidine groups is 1. The number of nitriles is 1. The molecule has 1 aromatic carbocycles. The van der Waals surface area contributed by atoms with Crippen LogP contribution in [-0.2, 0) is 18.5 Å². The van der Waals surface area contributed by atoms with Crippen molar-refractivity contribution in [1.29, 1.82) is 5.26 Å². The van der Waals surface area contributed by atoms with Crippen molar-refractivity contribution in [3.8, 4) is 6.19 Å². The van der Waals surface area contributed by atoms with Gasteiger partial charge in [0.1, 0.15) is 0 Å². The Kier molecular flexibility index (Phi) is 5.89. The van der Waals surface area contributed by atoms with Crippen molar-refractivity contribution in [2.24, 2.45) is 4.99 Å². The molecule has 13 heteroatoms. The van der Waals surface area contributed by atoms with E-state index in [0.29, 0.717) is 11.8 Å². The zero-order valence-electron chi connectivity index (χ0n) is 11.9. The molecule has 1 aromatic rings. The Morgan fingerprint density at radius 2 is 1.40 bits per heavy atom. The van der Waals surface area contributed by atoms with Gasteiger partial charge >= 0.3 is 18.5 Å². The summed E-state index contributed by atoms with van der Waals surface area (Å²) in [5.41, 5.74) is -8.33. The Morgan fingerprint density at radius 1 is 0.960 bits per heavy atom. The largest absolute Gasteiger partial charge is 0.418 e. The summed E-state index contributed by atoms with van der Waals surface area (Å²) in [6.45, 7) is 0. The minimum atomic E-state index is -5.55. The van der Waals surface area contributed by atoms with E-state index in [1.54, 1.807) is 5.32 Å². The van der Waals surface area contributed by atoms with Crippen LogP contribution in [0.2, 0.25) is 0 Å². The molecule has 0 fully saturated rings. The molecule has 0 heterocycles. The summed E-state index contributed by atoms with van der Waals surface area (Å²) < 4.78 is 116. The molecule has 0 atom stereocenters. The van der Waals surface area contributed by atoms with Crippen molar-refractivity contribution in [2.75, 3.05) is 6.26 Å². The van der Waals surface area contributed by atoms with Gasteiger partial charge in [0.25, 0.3) is 0 Å². The van der Waals surface area contributed by atoms with Gasteiger partial charge in [-0.1, -0.05) is 11.8 Å². The van der Waals surface area contributed by atoms with E-state index in [9.17, 15) is 39.5 Å². The molecule has 0 amide bonds. The summed E-state index contributed by atoms with van der Waals surface area (Å²) in [5, 5.41) is 9.50. The van der Waals surface area contributed by atoms with Crippen LogP contribution >= 0.6 is 11.8 Å². The van der Waals surface area contributed by atoms with Crippen LogP contribution in [0.15, 0.2) is 17.1 Å². The zero-order chi connectivity index (χ0) is 19.6. The molecule has 1 N–H and O–H groups in total. The molecule has 138 valence electrons. The summed E-state index contributed by atoms with van der Waals surface area (Å²) in [5.74, 6) is 0. The lowest BCUT2D eigenvalue weighted by Crippen LogP contribution is -2.18. The Labute approximate surface area is 138 Å². The molecule has 0 saturated heterocycles. The molecule has 0 aliphatic carbocycles. The maximum absolute atomic E-state index is 13.0. The fraction of sp³-hybridized carbons (Fsp3) is 0.333. The SMILES string of the molecule is CSC(=Nc1c(C(F)(F)F)cc(C(F)(F)F)cc1C(F)(F)F)NC#N. The van der Waals surface area contributed by atoms with Crippen molar-refractivity contribution < 1.29 is 39.5 Å². The predicted octanol–water partition coefficient (Wildman–Crippen LogP) is 5.16. The highest BCUT2D eigenvalue weighted by Crippen LogP contribution is 2.47. The molecule has 0 aliphatic rings. The monoisotopic (exact) mass is 395 g/mol. The standard InChI is InChI=1S/C12H6F9N3S/c1-25-9(23-4-22)24-8-6(11(16,17)18)2-5(10(13,14)15)3-7(8)12(19,20)21/h2-3H,1H3,(H,23,24). The number of aliphatic imine (C=N–C) groups is 1. The lowest BCUT2D eigenvalue weighted by atomic mass is 10.0. The summed E-state index contributed by atoms with van der Waals surface area (Å²) >= 11 is 0.497. The number of nitrogens with zero attached hydrogens (tertiary/aromatic N) is 2. The highest BCUT2D eigenvalue weighted by molar-refractivity contribution is 8.13. The smallest absolute Gasteiger partial charge is 0.271 e. The van der Waals surface area contributed by atoms with Crippen molar-refractivity contribution in [3.05, 3.63) is 28.8 Å². The first-order chi connectivity index (χ1) is 11.2. The Hall–Kier alpha value is -2.10. The minimum Gasteiger partial charge on any atom is -0.271 e. The van der Waals surface area contributed by atoms with Gasteiger partial charge in [-0.25, -0.2) is 4.99 Å². The lowest BCUT2D eigenvalue weighted by Gasteiger charge is -2.19. The highest BCUT2D eigenvalue weighted by Gasteiger charge is 2.45. The first kappa shape index (κ1) is 20.9. The second-order valence-corrected chi connectivity index (χ2v) is 5.07. The van der Waals surface area contributed by atoms with Crippen LogP contribution in [0.4, 0.5) is 45.2 Å². The molecule has 0 radical (unpaired) electrons. The maximum Gasteiger partial charge on any atom is 0.418 e. The van der Waals surface area contributed by atoms with E-state index in [2.05, 4.69) is 4.99 Å². The molecule has 1 rings (SSSR count). The topological polar surface area (TPSA) is 48.2 Å². The van der Waals surface area contributed by atoms with Crippen LogP contribution in [0.3, 0.4) is 0 Å². The fourth-order valence-electron chi connectivity index (χ4n) is 1.62. The minimum absolute atomic E-state index is 0.460. The van der Waals surface area contributed by atoms with Gasteiger partial charge in [0.15, 0.2) is 11.4 Å². The third kappa shape index (κ3) is 5.18. The van der Waals surface area contributed by atoms with E-state index >= 15 is 0 Å². The van der Waals surface area contributed by atoms with E-state index in [-0.39, 0.29) is 0 Å². The van der Waals surface area contributed by atoms with Gasteiger partial charge in [0.05, 0.1) is 22.4 Å². The summed E-state index contributed by atoms with van der Waals surface area (Å²) in [4.78, 5) is 3.06. The summed E-state index contributed by atoms with van der Waals surface area (Å²) in [6.07, 6.45) is -14.1. The molecular weight excluding hydrogens is 389 g/mol. The van der Waals surface area contributed by atoms with Crippen molar-refractivity contribution in [3.63, 3.8) is 0 Å². The van der Waals surface area contributed by atoms with Crippen LogP contribution in [0.1, 0.15) is 16.7 Å². The van der Waals surface area contributed by atoms with Crippen molar-refractivity contribution in [1.82, 2.24) is 5.32 Å². The Bertz CT molecular complexity index is 675. The number of alkyl halides is 9. The molecule has 25 heavy (non-hydrogen) atoms. The first-order valence-corrected chi connectivity index (χ1v) is 7.11. The number of hydrogen-bond acceptors (Lipinski definition) is 3. The molecular formula is C12H6F9N3S. The van der Waals surface area contributed by atoms with Crippen LogP contribution in [0, 0.1) is 11.5 Å². The van der Waals surface area contributed by atoms with E-state index in [1.165, 1.54) is 12.4 Å². The van der Waals surface area contributed by atoms with Gasteiger partial charge in [-0.15, -0.1) is 0 Å². The van der Waals surface area contributed by atoms with Crippen LogP contribution in [0.25, 0.3) is 0 Å². The van der Waals surface area contributed by atoms with Gasteiger partial charge < -0.3 is 0 Å². The van der Waals surface area contributed by atoms with Crippen LogP contribution in [-0.4, -0.2) is 11.4 Å². The molecule has 0 aliphatic heterocycles. The van der Waals surface area contributed by atoms with Crippen molar-refractivity contribution in [2.45, 2.75) is 18.5 Å². The van der Waals surface area contributed by atoms with Gasteiger partial charge in [0.2, 0.25) is 0 Å². The molecule has 0 unspecified atom stereocenters. The van der Waals surface area contributed by atoms with Crippen LogP contribution < -0.4 is 5.32 Å². The quantitative estimate of drug-likeness (QED) is 0.235. The second kappa shape index (κ2) is 7.03. The van der Waals surface area contributed by atoms with Gasteiger partial charge in [-0.3, -0.25) is 5.32 Å². The predicted molar refractivity (Wildman–Crippen MR) is 70.8 cm³/mol. The molecule has 0 aromatic heterocycles. The molecule has 0 saturated carbocycles. The average molecular weight is 395 g/mol. The van der Waals surface area contributed by atoms with Gasteiger partial charge in [-0.2, -0.15) is 44.8 Å². The number of benzene rings is 1. The average Bonchev–Trinajstić information content (AvgIpc) is 2.43. The van der Waals surface area contributed by atoms with E-state index in [4.69, 9.17) is 5.26 Å². The molecule has 0 spiro atoms. The van der Waals surface area contributed by atoms with E-state index in [0.717, 1.165) is 0 Å².